The van der Waals surface area contributed by atoms with E-state index in [2.05, 4.69) is 6.58 Å². The Morgan fingerprint density at radius 2 is 1.81 bits per heavy atom. The topological polar surface area (TPSA) is 20.2 Å². The first kappa shape index (κ1) is 11.2. The predicted octanol–water partition coefficient (Wildman–Crippen LogP) is 3.67. The quantitative estimate of drug-likeness (QED) is 0.633. The summed E-state index contributed by atoms with van der Waals surface area (Å²) in [6, 6.07) is 13.8. The second-order valence-corrected chi connectivity index (χ2v) is 4.20. The van der Waals surface area contributed by atoms with Crippen molar-refractivity contribution in [3.63, 3.8) is 0 Å². The summed E-state index contributed by atoms with van der Waals surface area (Å²) in [7, 11) is 0. The number of fused-ring (bicyclic) bond motifs is 1. The van der Waals surface area contributed by atoms with Crippen molar-refractivity contribution in [2.75, 3.05) is 0 Å². The van der Waals surface area contributed by atoms with Crippen LogP contribution in [0.4, 0.5) is 0 Å². The lowest BCUT2D eigenvalue weighted by atomic mass is 9.98. The van der Waals surface area contributed by atoms with Gasteiger partial charge in [-0.1, -0.05) is 48.5 Å². The molecule has 2 aromatic carbocycles. The summed E-state index contributed by atoms with van der Waals surface area (Å²) < 4.78 is 0. The third kappa shape index (κ3) is 1.97. The molecule has 0 heterocycles. The Kier molecular flexibility index (Phi) is 3.28. The molecule has 0 unspecified atom stereocenters. The van der Waals surface area contributed by atoms with Gasteiger partial charge in [-0.2, -0.15) is 0 Å². The molecule has 0 fully saturated rings. The fraction of sp³-hybridized carbons (Fsp3) is 0.143. The lowest BCUT2D eigenvalue weighted by Gasteiger charge is -2.16. The molecule has 2 atom stereocenters. The van der Waals surface area contributed by atoms with E-state index in [4.69, 9.17) is 11.6 Å². The number of hydrogen-bond donors (Lipinski definition) is 1. The Balaban J connectivity index is 2.56. The van der Waals surface area contributed by atoms with Crippen LogP contribution in [-0.2, 0) is 0 Å². The largest absolute Gasteiger partial charge is 0.387 e. The molecule has 0 aromatic heterocycles. The Hall–Kier alpha value is -1.31. The van der Waals surface area contributed by atoms with E-state index in [0.29, 0.717) is 0 Å². The Labute approximate surface area is 100.0 Å². The first-order valence-corrected chi connectivity index (χ1v) is 5.60. The van der Waals surface area contributed by atoms with E-state index in [-0.39, 0.29) is 0 Å². The van der Waals surface area contributed by atoms with E-state index in [1.807, 2.05) is 42.5 Å². The third-order valence-corrected chi connectivity index (χ3v) is 3.09. The zero-order chi connectivity index (χ0) is 11.5. The molecule has 1 nitrogen and oxygen atoms in total. The maximum absolute atomic E-state index is 10.1. The van der Waals surface area contributed by atoms with Crippen LogP contribution in [0, 0.1) is 0 Å². The number of hydrogen-bond acceptors (Lipinski definition) is 1. The summed E-state index contributed by atoms with van der Waals surface area (Å²) in [5.74, 6) is 0. The van der Waals surface area contributed by atoms with Gasteiger partial charge in [-0.25, -0.2) is 0 Å². The van der Waals surface area contributed by atoms with E-state index >= 15 is 0 Å². The molecule has 2 rings (SSSR count). The van der Waals surface area contributed by atoms with Crippen LogP contribution in [0.2, 0.25) is 0 Å². The number of aliphatic hydroxyl groups is 1. The van der Waals surface area contributed by atoms with Gasteiger partial charge in [0.2, 0.25) is 0 Å². The predicted molar refractivity (Wildman–Crippen MR) is 68.7 cm³/mol. The summed E-state index contributed by atoms with van der Waals surface area (Å²) in [6.45, 7) is 3.60. The number of benzene rings is 2. The first-order chi connectivity index (χ1) is 7.74. The molecule has 2 heteroatoms. The highest BCUT2D eigenvalue weighted by atomic mass is 35.5. The Morgan fingerprint density at radius 1 is 1.12 bits per heavy atom. The summed E-state index contributed by atoms with van der Waals surface area (Å²) in [5, 5.41) is 11.8. The van der Waals surface area contributed by atoms with Gasteiger partial charge in [-0.05, 0) is 16.3 Å². The summed E-state index contributed by atoms with van der Waals surface area (Å²) in [5.41, 5.74) is 0.845. The fourth-order valence-corrected chi connectivity index (χ4v) is 1.94. The minimum absolute atomic E-state index is 0.467. The van der Waals surface area contributed by atoms with Gasteiger partial charge in [0.05, 0.1) is 11.5 Å². The van der Waals surface area contributed by atoms with Crippen molar-refractivity contribution in [1.29, 1.82) is 0 Å². The van der Waals surface area contributed by atoms with Gasteiger partial charge in [0.1, 0.15) is 0 Å². The average Bonchev–Trinajstić information content (AvgIpc) is 2.36. The summed E-state index contributed by atoms with van der Waals surface area (Å²) in [6.07, 6.45) is 0.832. The highest BCUT2D eigenvalue weighted by Gasteiger charge is 2.17. The van der Waals surface area contributed by atoms with E-state index in [1.165, 1.54) is 0 Å². The lowest BCUT2D eigenvalue weighted by molar-refractivity contribution is 0.186. The normalized spacial score (nSPS) is 14.6. The maximum atomic E-state index is 10.1. The fourth-order valence-electron chi connectivity index (χ4n) is 1.81. The van der Waals surface area contributed by atoms with Crippen molar-refractivity contribution in [3.05, 3.63) is 60.7 Å². The number of rotatable bonds is 3. The van der Waals surface area contributed by atoms with E-state index in [0.717, 1.165) is 16.3 Å². The smallest absolute Gasteiger partial charge is 0.0994 e. The van der Waals surface area contributed by atoms with E-state index in [1.54, 1.807) is 6.08 Å². The second-order valence-electron chi connectivity index (χ2n) is 3.69. The van der Waals surface area contributed by atoms with Crippen LogP contribution >= 0.6 is 11.6 Å². The van der Waals surface area contributed by atoms with Crippen LogP contribution in [0.1, 0.15) is 11.7 Å². The minimum atomic E-state index is -0.717. The van der Waals surface area contributed by atoms with Crippen LogP contribution in [0.15, 0.2) is 55.1 Å². The molecule has 0 bridgehead atoms. The number of alkyl halides is 1. The summed E-state index contributed by atoms with van der Waals surface area (Å²) >= 11 is 5.98. The zero-order valence-corrected chi connectivity index (χ0v) is 9.56. The van der Waals surface area contributed by atoms with Crippen LogP contribution in [0.5, 0.6) is 0 Å². The van der Waals surface area contributed by atoms with Gasteiger partial charge in [-0.3, -0.25) is 0 Å². The summed E-state index contributed by atoms with van der Waals surface area (Å²) in [4.78, 5) is 0. The van der Waals surface area contributed by atoms with Crippen LogP contribution in [0.3, 0.4) is 0 Å². The number of halogens is 1. The zero-order valence-electron chi connectivity index (χ0n) is 8.81. The average molecular weight is 233 g/mol. The highest BCUT2D eigenvalue weighted by molar-refractivity contribution is 6.22. The van der Waals surface area contributed by atoms with Gasteiger partial charge in [0.15, 0.2) is 0 Å². The van der Waals surface area contributed by atoms with Crippen molar-refractivity contribution in [1.82, 2.24) is 0 Å². The Bertz CT molecular complexity index is 502. The van der Waals surface area contributed by atoms with Gasteiger partial charge in [-0.15, -0.1) is 18.2 Å². The molecule has 1 N–H and O–H groups in total. The molecule has 0 aliphatic rings. The van der Waals surface area contributed by atoms with Gasteiger partial charge < -0.3 is 5.11 Å². The molecule has 0 saturated heterocycles. The van der Waals surface area contributed by atoms with E-state index < -0.39 is 11.5 Å². The first-order valence-electron chi connectivity index (χ1n) is 5.16. The SMILES string of the molecule is C=C[C@H](Cl)[C@@H](O)c1cccc2ccccc12. The van der Waals surface area contributed by atoms with E-state index in [9.17, 15) is 5.11 Å². The van der Waals surface area contributed by atoms with Crippen LogP contribution in [-0.4, -0.2) is 10.5 Å². The Morgan fingerprint density at radius 3 is 2.56 bits per heavy atom. The molecular weight excluding hydrogens is 220 g/mol. The number of aliphatic hydroxyl groups excluding tert-OH is 1. The molecule has 0 amide bonds. The maximum Gasteiger partial charge on any atom is 0.0994 e. The molecule has 2 aromatic rings. The molecule has 16 heavy (non-hydrogen) atoms. The van der Waals surface area contributed by atoms with Gasteiger partial charge in [0.25, 0.3) is 0 Å². The van der Waals surface area contributed by atoms with Crippen molar-refractivity contribution >= 4 is 22.4 Å². The molecule has 0 aliphatic carbocycles. The van der Waals surface area contributed by atoms with Crippen LogP contribution < -0.4 is 0 Å². The standard InChI is InChI=1S/C14H13ClO/c1-2-13(15)14(16)12-9-5-7-10-6-3-4-8-11(10)12/h2-9,13-14,16H,1H2/t13-,14-/m0/s1. The molecule has 0 radical (unpaired) electrons. The molecule has 82 valence electrons. The van der Waals surface area contributed by atoms with Gasteiger partial charge >= 0.3 is 0 Å². The van der Waals surface area contributed by atoms with Crippen molar-refractivity contribution in [2.24, 2.45) is 0 Å². The monoisotopic (exact) mass is 232 g/mol. The molecule has 0 aliphatic heterocycles. The van der Waals surface area contributed by atoms with Crippen molar-refractivity contribution in [2.45, 2.75) is 11.5 Å². The van der Waals surface area contributed by atoms with Crippen LogP contribution in [0.25, 0.3) is 10.8 Å². The van der Waals surface area contributed by atoms with Gasteiger partial charge in [0, 0.05) is 0 Å². The minimum Gasteiger partial charge on any atom is -0.387 e. The lowest BCUT2D eigenvalue weighted by Crippen LogP contribution is -2.09. The highest BCUT2D eigenvalue weighted by Crippen LogP contribution is 2.28. The molecule has 0 saturated carbocycles. The van der Waals surface area contributed by atoms with Crippen molar-refractivity contribution < 1.29 is 5.11 Å². The third-order valence-electron chi connectivity index (χ3n) is 2.67. The van der Waals surface area contributed by atoms with Crippen molar-refractivity contribution in [3.8, 4) is 0 Å². The second kappa shape index (κ2) is 4.69. The molecule has 0 spiro atoms. The molecular formula is C14H13ClO.